The largest absolute Gasteiger partial charge is 0.0825 e. The standard InChI is InChI=1S/C16H11Br/c17-14-8-3-7-13(11-14)16-10-4-6-12-5-1-2-9-15(12)16/h1-3,5-6,8-9,11,13H,7H2. The lowest BCUT2D eigenvalue weighted by Gasteiger charge is -2.15. The van der Waals surface area contributed by atoms with E-state index < -0.39 is 0 Å². The van der Waals surface area contributed by atoms with Crippen molar-refractivity contribution in [3.8, 4) is 0 Å². The molecule has 0 N–H and O–H groups in total. The fourth-order valence-electron chi connectivity index (χ4n) is 2.26. The van der Waals surface area contributed by atoms with Crippen molar-refractivity contribution in [3.05, 3.63) is 70.7 Å². The molecule has 2 aromatic rings. The van der Waals surface area contributed by atoms with Gasteiger partial charge in [-0.3, -0.25) is 0 Å². The molecule has 3 rings (SSSR count). The first-order valence-electron chi connectivity index (χ1n) is 5.69. The van der Waals surface area contributed by atoms with E-state index in [2.05, 4.69) is 70.6 Å². The topological polar surface area (TPSA) is 0 Å². The molecule has 0 heterocycles. The first kappa shape index (κ1) is 10.6. The van der Waals surface area contributed by atoms with Crippen molar-refractivity contribution in [2.24, 2.45) is 0 Å². The maximum absolute atomic E-state index is 3.54. The lowest BCUT2D eigenvalue weighted by Crippen LogP contribution is -1.97. The van der Waals surface area contributed by atoms with Crippen LogP contribution in [0.1, 0.15) is 17.9 Å². The Labute approximate surface area is 110 Å². The molecular weight excluding hydrogens is 272 g/mol. The number of hydrogen-bond acceptors (Lipinski definition) is 0. The van der Waals surface area contributed by atoms with Gasteiger partial charge in [-0.2, -0.15) is 0 Å². The van der Waals surface area contributed by atoms with Gasteiger partial charge in [-0.25, -0.2) is 0 Å². The highest BCUT2D eigenvalue weighted by molar-refractivity contribution is 9.11. The zero-order valence-corrected chi connectivity index (χ0v) is 10.9. The van der Waals surface area contributed by atoms with Crippen LogP contribution < -0.4 is 0 Å². The Morgan fingerprint density at radius 3 is 3.00 bits per heavy atom. The van der Waals surface area contributed by atoms with Crippen molar-refractivity contribution in [3.63, 3.8) is 0 Å². The van der Waals surface area contributed by atoms with Crippen molar-refractivity contribution in [1.82, 2.24) is 0 Å². The summed E-state index contributed by atoms with van der Waals surface area (Å²) in [5.74, 6) is 0.400. The molecule has 82 valence electrons. The Morgan fingerprint density at radius 1 is 1.24 bits per heavy atom. The Bertz CT molecular complexity index is 602. The van der Waals surface area contributed by atoms with E-state index in [1.165, 1.54) is 16.3 Å². The molecule has 17 heavy (non-hydrogen) atoms. The van der Waals surface area contributed by atoms with Gasteiger partial charge in [0.15, 0.2) is 0 Å². The Kier molecular flexibility index (Phi) is 2.74. The van der Waals surface area contributed by atoms with Gasteiger partial charge in [-0.1, -0.05) is 70.6 Å². The fraction of sp³-hybridized carbons (Fsp3) is 0.125. The van der Waals surface area contributed by atoms with Gasteiger partial charge in [-0.15, -0.1) is 0 Å². The Morgan fingerprint density at radius 2 is 2.12 bits per heavy atom. The summed E-state index contributed by atoms with van der Waals surface area (Å²) < 4.78 is 1.15. The number of benzene rings is 1. The molecule has 0 aliphatic heterocycles. The van der Waals surface area contributed by atoms with Crippen LogP contribution >= 0.6 is 15.9 Å². The maximum atomic E-state index is 3.54. The van der Waals surface area contributed by atoms with Gasteiger partial charge in [0.05, 0.1) is 0 Å². The SMILES string of the molecule is BrC1=CC(c2c#ccc3ccccc23)CC=C1. The molecule has 1 unspecified atom stereocenters. The van der Waals surface area contributed by atoms with Crippen molar-refractivity contribution in [1.29, 1.82) is 0 Å². The molecular formula is C16H11Br. The van der Waals surface area contributed by atoms with Crippen LogP contribution in [0.2, 0.25) is 0 Å². The molecule has 0 radical (unpaired) electrons. The summed E-state index contributed by atoms with van der Waals surface area (Å²) in [6.07, 6.45) is 7.58. The van der Waals surface area contributed by atoms with Crippen LogP contribution in [0.25, 0.3) is 10.8 Å². The molecule has 2 aromatic carbocycles. The van der Waals surface area contributed by atoms with E-state index in [0.717, 1.165) is 10.9 Å². The molecule has 1 heteroatoms. The minimum atomic E-state index is 0.400. The number of hydrogen-bond donors (Lipinski definition) is 0. The molecule has 0 saturated carbocycles. The Hall–Kier alpha value is -1.52. The van der Waals surface area contributed by atoms with Gasteiger partial charge < -0.3 is 0 Å². The first-order chi connectivity index (χ1) is 8.34. The second-order valence-electron chi connectivity index (χ2n) is 4.21. The quantitative estimate of drug-likeness (QED) is 0.707. The zero-order chi connectivity index (χ0) is 11.7. The van der Waals surface area contributed by atoms with Crippen LogP contribution in [-0.4, -0.2) is 0 Å². The van der Waals surface area contributed by atoms with Gasteiger partial charge in [0.25, 0.3) is 0 Å². The predicted molar refractivity (Wildman–Crippen MR) is 75.1 cm³/mol. The molecule has 0 fully saturated rings. The summed E-state index contributed by atoms with van der Waals surface area (Å²) >= 11 is 3.54. The number of halogens is 1. The second-order valence-corrected chi connectivity index (χ2v) is 5.13. The van der Waals surface area contributed by atoms with E-state index in [4.69, 9.17) is 0 Å². The highest BCUT2D eigenvalue weighted by atomic mass is 79.9. The molecule has 0 aromatic heterocycles. The van der Waals surface area contributed by atoms with Crippen molar-refractivity contribution in [2.45, 2.75) is 12.3 Å². The molecule has 0 spiro atoms. The number of allylic oxidation sites excluding steroid dienone is 4. The second kappa shape index (κ2) is 4.39. The van der Waals surface area contributed by atoms with E-state index in [0.29, 0.717) is 5.92 Å². The van der Waals surface area contributed by atoms with Crippen LogP contribution in [0.3, 0.4) is 0 Å². The van der Waals surface area contributed by atoms with E-state index in [-0.39, 0.29) is 0 Å². The fourth-order valence-corrected chi connectivity index (χ4v) is 2.77. The monoisotopic (exact) mass is 282 g/mol. The highest BCUT2D eigenvalue weighted by Gasteiger charge is 2.13. The van der Waals surface area contributed by atoms with Crippen LogP contribution in [0.15, 0.2) is 53.0 Å². The minimum Gasteiger partial charge on any atom is -0.0825 e. The van der Waals surface area contributed by atoms with Crippen molar-refractivity contribution >= 4 is 26.7 Å². The van der Waals surface area contributed by atoms with Gasteiger partial charge in [0, 0.05) is 16.0 Å². The predicted octanol–water partition coefficient (Wildman–Crippen LogP) is 4.76. The molecule has 1 aliphatic carbocycles. The summed E-state index contributed by atoms with van der Waals surface area (Å²) in [6.45, 7) is 0. The van der Waals surface area contributed by atoms with Gasteiger partial charge in [0.1, 0.15) is 0 Å². The van der Waals surface area contributed by atoms with E-state index in [1.54, 1.807) is 0 Å². The average Bonchev–Trinajstić information content (AvgIpc) is 2.38. The third-order valence-electron chi connectivity index (χ3n) is 3.08. The van der Waals surface area contributed by atoms with Crippen molar-refractivity contribution in [2.75, 3.05) is 0 Å². The summed E-state index contributed by atoms with van der Waals surface area (Å²) in [5, 5.41) is 2.52. The maximum Gasteiger partial charge on any atom is 0.0175 e. The first-order valence-corrected chi connectivity index (χ1v) is 6.49. The van der Waals surface area contributed by atoms with Crippen LogP contribution in [0, 0.1) is 12.1 Å². The van der Waals surface area contributed by atoms with Crippen LogP contribution in [0.4, 0.5) is 0 Å². The third-order valence-corrected chi connectivity index (χ3v) is 3.61. The van der Waals surface area contributed by atoms with Gasteiger partial charge in [0.2, 0.25) is 0 Å². The third kappa shape index (κ3) is 2.01. The lowest BCUT2D eigenvalue weighted by molar-refractivity contribution is 0.861. The molecule has 0 nitrogen and oxygen atoms in total. The normalized spacial score (nSPS) is 18.9. The Balaban J connectivity index is 2.15. The summed E-state index contributed by atoms with van der Waals surface area (Å²) in [4.78, 5) is 0. The van der Waals surface area contributed by atoms with E-state index in [9.17, 15) is 0 Å². The van der Waals surface area contributed by atoms with Crippen LogP contribution in [-0.2, 0) is 0 Å². The van der Waals surface area contributed by atoms with E-state index in [1.807, 2.05) is 6.07 Å². The van der Waals surface area contributed by atoms with E-state index >= 15 is 0 Å². The van der Waals surface area contributed by atoms with Crippen molar-refractivity contribution < 1.29 is 0 Å². The molecule has 0 bridgehead atoms. The summed E-state index contributed by atoms with van der Waals surface area (Å²) in [6, 6.07) is 16.8. The lowest BCUT2D eigenvalue weighted by atomic mass is 9.90. The van der Waals surface area contributed by atoms with Crippen LogP contribution in [0.5, 0.6) is 0 Å². The van der Waals surface area contributed by atoms with Gasteiger partial charge >= 0.3 is 0 Å². The average molecular weight is 283 g/mol. The zero-order valence-electron chi connectivity index (χ0n) is 9.28. The summed E-state index contributed by atoms with van der Waals surface area (Å²) in [5.41, 5.74) is 1.24. The number of rotatable bonds is 1. The minimum absolute atomic E-state index is 0.400. The molecule has 1 aliphatic rings. The smallest absolute Gasteiger partial charge is 0.0175 e. The molecule has 1 atom stereocenters. The molecule has 0 amide bonds. The van der Waals surface area contributed by atoms with Gasteiger partial charge in [-0.05, 0) is 23.3 Å². The molecule has 0 saturated heterocycles. The number of fused-ring (bicyclic) bond motifs is 1. The highest BCUT2D eigenvalue weighted by Crippen LogP contribution is 2.32. The summed E-state index contributed by atoms with van der Waals surface area (Å²) in [7, 11) is 0.